The summed E-state index contributed by atoms with van der Waals surface area (Å²) < 4.78 is 0.775. The molecule has 2 aromatic heterocycles. The fourth-order valence-corrected chi connectivity index (χ4v) is 5.77. The average molecular weight is 514 g/mol. The Morgan fingerprint density at radius 3 is 2.27 bits per heavy atom. The Labute approximate surface area is 209 Å². The highest BCUT2D eigenvalue weighted by Gasteiger charge is 2.17. The van der Waals surface area contributed by atoms with Crippen molar-refractivity contribution in [2.24, 2.45) is 0 Å². The quantitative estimate of drug-likeness (QED) is 0.165. The van der Waals surface area contributed by atoms with Gasteiger partial charge in [-0.3, -0.25) is 10.1 Å². The summed E-state index contributed by atoms with van der Waals surface area (Å²) in [5.41, 5.74) is 4.98. The number of aromatic nitrogens is 4. The lowest BCUT2D eigenvalue weighted by molar-refractivity contribution is 0.102. The number of carbonyl (C=O) groups is 1. The third kappa shape index (κ3) is 6.32. The molecule has 0 aliphatic heterocycles. The lowest BCUT2D eigenvalue weighted by Crippen LogP contribution is -2.15. The van der Waals surface area contributed by atoms with E-state index in [-0.39, 0.29) is 10.7 Å². The molecule has 1 N–H and O–H groups in total. The molecule has 4 rings (SSSR count). The van der Waals surface area contributed by atoms with Gasteiger partial charge in [0, 0.05) is 11.5 Å². The first kappa shape index (κ1) is 23.7. The SMILES string of the molecule is Cc1ccccc1CSc1ncc(Cl)c(C(=O)Nc2nnc(SCc3ccccc3C)s2)n1. The molecule has 2 heterocycles. The molecule has 168 valence electrons. The molecule has 1 amide bonds. The molecule has 0 spiro atoms. The van der Waals surface area contributed by atoms with E-state index in [1.54, 1.807) is 11.8 Å². The smallest absolute Gasteiger partial charge is 0.277 e. The summed E-state index contributed by atoms with van der Waals surface area (Å²) >= 11 is 10.6. The molecule has 0 unspecified atom stereocenters. The molecular formula is C23H20ClN5OS3. The highest BCUT2D eigenvalue weighted by Crippen LogP contribution is 2.30. The standard InChI is InChI=1S/C23H20ClN5OS3/c1-14-7-3-5-9-16(14)12-31-21-25-11-18(24)19(26-21)20(30)27-22-28-29-23(33-22)32-13-17-10-6-4-8-15(17)2/h3-11H,12-13H2,1-2H3,(H,27,28,30). The van der Waals surface area contributed by atoms with Crippen molar-refractivity contribution >= 4 is 57.5 Å². The van der Waals surface area contributed by atoms with Crippen LogP contribution >= 0.6 is 46.5 Å². The van der Waals surface area contributed by atoms with Crippen LogP contribution < -0.4 is 5.32 Å². The number of benzene rings is 2. The van der Waals surface area contributed by atoms with Crippen molar-refractivity contribution in [3.63, 3.8) is 0 Å². The van der Waals surface area contributed by atoms with Gasteiger partial charge in [0.1, 0.15) is 0 Å². The fraction of sp³-hybridized carbons (Fsp3) is 0.174. The lowest BCUT2D eigenvalue weighted by atomic mass is 10.1. The number of thioether (sulfide) groups is 2. The number of amides is 1. The van der Waals surface area contributed by atoms with Crippen LogP contribution in [0.5, 0.6) is 0 Å². The van der Waals surface area contributed by atoms with Crippen LogP contribution in [-0.4, -0.2) is 26.1 Å². The van der Waals surface area contributed by atoms with Gasteiger partial charge < -0.3 is 0 Å². The zero-order valence-corrected chi connectivity index (χ0v) is 21.1. The van der Waals surface area contributed by atoms with Crippen molar-refractivity contribution in [3.8, 4) is 0 Å². The fourth-order valence-electron chi connectivity index (χ4n) is 2.88. The van der Waals surface area contributed by atoms with Gasteiger partial charge in [0.25, 0.3) is 5.91 Å². The molecule has 0 saturated heterocycles. The van der Waals surface area contributed by atoms with Gasteiger partial charge >= 0.3 is 0 Å². The second-order valence-electron chi connectivity index (χ2n) is 7.11. The molecule has 10 heteroatoms. The minimum Gasteiger partial charge on any atom is -0.295 e. The normalized spacial score (nSPS) is 10.9. The Hall–Kier alpha value is -2.46. The van der Waals surface area contributed by atoms with Crippen molar-refractivity contribution in [2.45, 2.75) is 34.8 Å². The van der Waals surface area contributed by atoms with E-state index < -0.39 is 5.91 Å². The third-order valence-corrected chi connectivity index (χ3v) is 8.00. The van der Waals surface area contributed by atoms with E-state index in [4.69, 9.17) is 11.6 Å². The minimum absolute atomic E-state index is 0.114. The first-order chi connectivity index (χ1) is 16.0. The monoisotopic (exact) mass is 513 g/mol. The molecular weight excluding hydrogens is 494 g/mol. The molecule has 0 bridgehead atoms. The number of halogens is 1. The molecule has 33 heavy (non-hydrogen) atoms. The summed E-state index contributed by atoms with van der Waals surface area (Å²) in [6.07, 6.45) is 1.45. The molecule has 0 atom stereocenters. The van der Waals surface area contributed by atoms with Crippen LogP contribution in [0.1, 0.15) is 32.7 Å². The van der Waals surface area contributed by atoms with Crippen molar-refractivity contribution in [2.75, 3.05) is 5.32 Å². The molecule has 6 nitrogen and oxygen atoms in total. The van der Waals surface area contributed by atoms with E-state index >= 15 is 0 Å². The van der Waals surface area contributed by atoms with Gasteiger partial charge in [0.2, 0.25) is 5.13 Å². The Bertz CT molecular complexity index is 1280. The van der Waals surface area contributed by atoms with Crippen LogP contribution in [0.2, 0.25) is 5.02 Å². The summed E-state index contributed by atoms with van der Waals surface area (Å²) in [6, 6.07) is 16.4. The molecule has 0 radical (unpaired) electrons. The summed E-state index contributed by atoms with van der Waals surface area (Å²) in [4.78, 5) is 21.4. The van der Waals surface area contributed by atoms with Crippen molar-refractivity contribution < 1.29 is 4.79 Å². The third-order valence-electron chi connectivity index (χ3n) is 4.79. The van der Waals surface area contributed by atoms with Gasteiger partial charge in [-0.15, -0.1) is 10.2 Å². The lowest BCUT2D eigenvalue weighted by Gasteiger charge is -2.07. The topological polar surface area (TPSA) is 80.7 Å². The van der Waals surface area contributed by atoms with Crippen molar-refractivity contribution in [3.05, 3.63) is 87.7 Å². The average Bonchev–Trinajstić information content (AvgIpc) is 3.26. The largest absolute Gasteiger partial charge is 0.295 e. The number of rotatable bonds is 8. The van der Waals surface area contributed by atoms with Gasteiger partial charge in [-0.05, 0) is 36.1 Å². The first-order valence-electron chi connectivity index (χ1n) is 10.0. The highest BCUT2D eigenvalue weighted by atomic mass is 35.5. The van der Waals surface area contributed by atoms with E-state index in [1.807, 2.05) is 24.3 Å². The number of aryl methyl sites for hydroxylation is 2. The predicted octanol–water partition coefficient (Wildman–Crippen LogP) is 6.44. The van der Waals surface area contributed by atoms with Gasteiger partial charge in [-0.25, -0.2) is 9.97 Å². The number of nitrogens with one attached hydrogen (secondary N) is 1. The summed E-state index contributed by atoms with van der Waals surface area (Å²) in [7, 11) is 0. The maximum Gasteiger partial charge on any atom is 0.277 e. The van der Waals surface area contributed by atoms with Gasteiger partial charge in [0.15, 0.2) is 15.2 Å². The molecule has 0 aliphatic carbocycles. The van der Waals surface area contributed by atoms with Gasteiger partial charge in [0.05, 0.1) is 11.2 Å². The first-order valence-corrected chi connectivity index (χ1v) is 13.2. The molecule has 0 saturated carbocycles. The second-order valence-corrected chi connectivity index (χ2v) is 10.7. The predicted molar refractivity (Wildman–Crippen MR) is 136 cm³/mol. The van der Waals surface area contributed by atoms with Crippen LogP contribution in [0.25, 0.3) is 0 Å². The van der Waals surface area contributed by atoms with E-state index in [2.05, 4.69) is 63.6 Å². The highest BCUT2D eigenvalue weighted by molar-refractivity contribution is 8.00. The number of nitrogens with zero attached hydrogens (tertiary/aromatic N) is 4. The van der Waals surface area contributed by atoms with E-state index in [0.29, 0.717) is 16.0 Å². The van der Waals surface area contributed by atoms with Gasteiger partial charge in [-0.1, -0.05) is 95.0 Å². The molecule has 4 aromatic rings. The molecule has 2 aromatic carbocycles. The van der Waals surface area contributed by atoms with Crippen LogP contribution in [0.3, 0.4) is 0 Å². The van der Waals surface area contributed by atoms with Crippen LogP contribution in [0.15, 0.2) is 64.2 Å². The summed E-state index contributed by atoms with van der Waals surface area (Å²) in [6.45, 7) is 4.15. The Kier molecular flexibility index (Phi) is 7.97. The van der Waals surface area contributed by atoms with E-state index in [0.717, 1.165) is 10.1 Å². The maximum absolute atomic E-state index is 12.8. The minimum atomic E-state index is -0.438. The number of carbonyl (C=O) groups excluding carboxylic acids is 1. The summed E-state index contributed by atoms with van der Waals surface area (Å²) in [5.74, 6) is 1.05. The van der Waals surface area contributed by atoms with Crippen LogP contribution in [0.4, 0.5) is 5.13 Å². The molecule has 0 aliphatic rings. The zero-order valence-electron chi connectivity index (χ0n) is 17.9. The van der Waals surface area contributed by atoms with Crippen molar-refractivity contribution in [1.29, 1.82) is 0 Å². The van der Waals surface area contributed by atoms with Crippen molar-refractivity contribution in [1.82, 2.24) is 20.2 Å². The number of anilines is 1. The number of hydrogen-bond acceptors (Lipinski definition) is 8. The van der Waals surface area contributed by atoms with Crippen LogP contribution in [0, 0.1) is 13.8 Å². The number of hydrogen-bond donors (Lipinski definition) is 1. The van der Waals surface area contributed by atoms with E-state index in [1.165, 1.54) is 51.5 Å². The zero-order chi connectivity index (χ0) is 23.2. The molecule has 0 fully saturated rings. The summed E-state index contributed by atoms with van der Waals surface area (Å²) in [5, 5.41) is 12.1. The Morgan fingerprint density at radius 2 is 1.61 bits per heavy atom. The Morgan fingerprint density at radius 1 is 0.970 bits per heavy atom. The van der Waals surface area contributed by atoms with Gasteiger partial charge in [-0.2, -0.15) is 0 Å². The second kappa shape index (κ2) is 11.1. The van der Waals surface area contributed by atoms with E-state index in [9.17, 15) is 4.79 Å². The Balaban J connectivity index is 1.38. The maximum atomic E-state index is 12.8. The van der Waals surface area contributed by atoms with Crippen LogP contribution in [-0.2, 0) is 11.5 Å².